The van der Waals surface area contributed by atoms with Crippen LogP contribution in [0.5, 0.6) is 0 Å². The van der Waals surface area contributed by atoms with Crippen LogP contribution in [-0.4, -0.2) is 33.2 Å². The van der Waals surface area contributed by atoms with Crippen LogP contribution in [0.15, 0.2) is 6.07 Å². The summed E-state index contributed by atoms with van der Waals surface area (Å²) in [5, 5.41) is 18.1. The number of aryl methyl sites for hydroxylation is 3. The highest BCUT2D eigenvalue weighted by molar-refractivity contribution is 7.17. The van der Waals surface area contributed by atoms with Gasteiger partial charge in [-0.1, -0.05) is 0 Å². The number of rotatable bonds is 8. The minimum absolute atomic E-state index is 0.200. The number of carbonyl (C=O) groups excluding carboxylic acids is 2. The molecule has 0 radical (unpaired) electrons. The lowest BCUT2D eigenvalue weighted by Gasteiger charge is -2.08. The average molecular weight is 406 g/mol. The number of nitrogens with one attached hydrogen (secondary N) is 1. The topological polar surface area (TPSA) is 116 Å². The van der Waals surface area contributed by atoms with Gasteiger partial charge in [-0.2, -0.15) is 4.68 Å². The number of nitrogens with zero attached hydrogens (tertiary/aromatic N) is 3. The van der Waals surface area contributed by atoms with Crippen molar-refractivity contribution >= 4 is 34.0 Å². The number of fused-ring (bicyclic) bond motifs is 1. The molecule has 0 aromatic carbocycles. The molecule has 0 atom stereocenters. The Hall–Kier alpha value is -2.75. The van der Waals surface area contributed by atoms with Gasteiger partial charge in [0.25, 0.3) is 0 Å². The molecule has 1 amide bonds. The van der Waals surface area contributed by atoms with E-state index >= 15 is 0 Å². The Morgan fingerprint density at radius 1 is 1.43 bits per heavy atom. The van der Waals surface area contributed by atoms with Gasteiger partial charge in [0.2, 0.25) is 5.91 Å². The van der Waals surface area contributed by atoms with Gasteiger partial charge in [0.1, 0.15) is 5.00 Å². The molecule has 2 aromatic rings. The monoisotopic (exact) mass is 406 g/mol. The summed E-state index contributed by atoms with van der Waals surface area (Å²) in [6.07, 6.45) is 3.45. The van der Waals surface area contributed by atoms with Crippen LogP contribution in [0.25, 0.3) is 0 Å². The highest BCUT2D eigenvalue weighted by atomic mass is 32.1. The van der Waals surface area contributed by atoms with E-state index in [-0.39, 0.29) is 24.8 Å². The van der Waals surface area contributed by atoms with Gasteiger partial charge in [-0.15, -0.1) is 11.3 Å². The number of anilines is 1. The van der Waals surface area contributed by atoms with Crippen molar-refractivity contribution in [2.24, 2.45) is 0 Å². The summed E-state index contributed by atoms with van der Waals surface area (Å²) in [6, 6.07) is 1.40. The minimum atomic E-state index is -0.539. The molecule has 0 fully saturated rings. The predicted octanol–water partition coefficient (Wildman–Crippen LogP) is 3.25. The Morgan fingerprint density at radius 2 is 2.21 bits per heavy atom. The predicted molar refractivity (Wildman–Crippen MR) is 104 cm³/mol. The van der Waals surface area contributed by atoms with E-state index in [1.54, 1.807) is 13.8 Å². The van der Waals surface area contributed by atoms with Crippen molar-refractivity contribution in [2.75, 3.05) is 11.9 Å². The van der Waals surface area contributed by atoms with Crippen LogP contribution in [-0.2, 0) is 28.9 Å². The fraction of sp³-hybridized carbons (Fsp3) is 0.500. The zero-order valence-corrected chi connectivity index (χ0v) is 16.6. The zero-order chi connectivity index (χ0) is 20.3. The molecule has 1 N–H and O–H groups in total. The van der Waals surface area contributed by atoms with Crippen molar-refractivity contribution in [3.63, 3.8) is 0 Å². The zero-order valence-electron chi connectivity index (χ0n) is 15.8. The quantitative estimate of drug-likeness (QED) is 0.409. The van der Waals surface area contributed by atoms with Gasteiger partial charge in [-0.25, -0.2) is 4.79 Å². The molecule has 0 spiro atoms. The lowest BCUT2D eigenvalue weighted by Crippen LogP contribution is -2.15. The van der Waals surface area contributed by atoms with Gasteiger partial charge in [0.15, 0.2) is 0 Å². The van der Waals surface area contributed by atoms with Crippen molar-refractivity contribution < 1.29 is 19.2 Å². The molecule has 1 aliphatic rings. The van der Waals surface area contributed by atoms with Crippen LogP contribution in [0.1, 0.15) is 52.7 Å². The highest BCUT2D eigenvalue weighted by Gasteiger charge is 2.28. The number of carbonyl (C=O) groups is 2. The normalized spacial score (nSPS) is 12.6. The van der Waals surface area contributed by atoms with E-state index in [2.05, 4.69) is 10.4 Å². The maximum Gasteiger partial charge on any atom is 0.390 e. The molecule has 10 heteroatoms. The van der Waals surface area contributed by atoms with Gasteiger partial charge in [0.05, 0.1) is 35.6 Å². The van der Waals surface area contributed by atoms with E-state index in [0.717, 1.165) is 29.7 Å². The molecule has 2 aromatic heterocycles. The number of hydrogen-bond acceptors (Lipinski definition) is 7. The Labute approximate surface area is 165 Å². The number of thiophene rings is 1. The minimum Gasteiger partial charge on any atom is -0.462 e. The fourth-order valence-electron chi connectivity index (χ4n) is 3.30. The van der Waals surface area contributed by atoms with E-state index in [9.17, 15) is 19.7 Å². The van der Waals surface area contributed by atoms with Crippen LogP contribution >= 0.6 is 11.3 Å². The summed E-state index contributed by atoms with van der Waals surface area (Å²) >= 11 is 1.44. The van der Waals surface area contributed by atoms with Crippen molar-refractivity contribution in [1.29, 1.82) is 0 Å². The SMILES string of the molecule is CCOC(=O)c1c(NC(=O)CCCn2nc([N+](=O)[O-])cc2C)sc2c1CCC2. The summed E-state index contributed by atoms with van der Waals surface area (Å²) in [5.74, 6) is -0.796. The van der Waals surface area contributed by atoms with Crippen LogP contribution in [0.3, 0.4) is 0 Å². The third-order valence-electron chi connectivity index (χ3n) is 4.58. The first-order chi connectivity index (χ1) is 13.4. The molecule has 1 aliphatic carbocycles. The molecule has 0 unspecified atom stereocenters. The average Bonchev–Trinajstić information content (AvgIpc) is 3.30. The summed E-state index contributed by atoms with van der Waals surface area (Å²) in [7, 11) is 0. The second-order valence-corrected chi connectivity index (χ2v) is 7.66. The van der Waals surface area contributed by atoms with Crippen molar-refractivity contribution in [1.82, 2.24) is 9.78 Å². The van der Waals surface area contributed by atoms with Gasteiger partial charge in [-0.05, 0) is 50.0 Å². The second-order valence-electron chi connectivity index (χ2n) is 6.56. The van der Waals surface area contributed by atoms with Gasteiger partial charge in [0, 0.05) is 11.3 Å². The first kappa shape index (κ1) is 20.0. The molecule has 0 aliphatic heterocycles. The van der Waals surface area contributed by atoms with Crippen LogP contribution in [0, 0.1) is 17.0 Å². The van der Waals surface area contributed by atoms with E-state index in [1.165, 1.54) is 22.1 Å². The molecule has 9 nitrogen and oxygen atoms in total. The van der Waals surface area contributed by atoms with E-state index in [0.29, 0.717) is 29.2 Å². The summed E-state index contributed by atoms with van der Waals surface area (Å²) in [5.41, 5.74) is 2.16. The molecule has 2 heterocycles. The highest BCUT2D eigenvalue weighted by Crippen LogP contribution is 2.39. The first-order valence-electron chi connectivity index (χ1n) is 9.21. The fourth-order valence-corrected chi connectivity index (χ4v) is 4.59. The third kappa shape index (κ3) is 4.22. The van der Waals surface area contributed by atoms with E-state index in [4.69, 9.17) is 4.74 Å². The maximum atomic E-state index is 12.4. The van der Waals surface area contributed by atoms with E-state index in [1.807, 2.05) is 0 Å². The lowest BCUT2D eigenvalue weighted by molar-refractivity contribution is -0.389. The van der Waals surface area contributed by atoms with Crippen molar-refractivity contribution in [2.45, 2.75) is 52.5 Å². The number of esters is 1. The summed E-state index contributed by atoms with van der Waals surface area (Å²) < 4.78 is 6.68. The Morgan fingerprint density at radius 3 is 2.89 bits per heavy atom. The Kier molecular flexibility index (Phi) is 6.08. The Bertz CT molecular complexity index is 917. The molecular formula is C18H22N4O5S. The van der Waals surface area contributed by atoms with Gasteiger partial charge >= 0.3 is 11.8 Å². The Balaban J connectivity index is 1.61. The van der Waals surface area contributed by atoms with Crippen molar-refractivity contribution in [3.8, 4) is 0 Å². The largest absolute Gasteiger partial charge is 0.462 e. The molecule has 0 saturated carbocycles. The molecule has 0 saturated heterocycles. The molecule has 150 valence electrons. The van der Waals surface area contributed by atoms with Crippen molar-refractivity contribution in [3.05, 3.63) is 37.9 Å². The standard InChI is InChI=1S/C18H22N4O5S/c1-3-27-18(24)16-12-6-4-7-13(12)28-17(16)19-15(23)8-5-9-21-11(2)10-14(20-21)22(25)26/h10H,3-9H2,1-2H3,(H,19,23). The number of amides is 1. The lowest BCUT2D eigenvalue weighted by atomic mass is 10.1. The first-order valence-corrected chi connectivity index (χ1v) is 10.0. The molecule has 28 heavy (non-hydrogen) atoms. The van der Waals surface area contributed by atoms with Crippen LogP contribution < -0.4 is 5.32 Å². The second kappa shape index (κ2) is 8.51. The van der Waals surface area contributed by atoms with Crippen LogP contribution in [0.4, 0.5) is 10.8 Å². The molecular weight excluding hydrogens is 384 g/mol. The van der Waals surface area contributed by atoms with Gasteiger partial charge < -0.3 is 20.2 Å². The smallest absolute Gasteiger partial charge is 0.390 e. The number of nitro groups is 1. The maximum absolute atomic E-state index is 12.4. The van der Waals surface area contributed by atoms with Gasteiger partial charge in [-0.3, -0.25) is 4.79 Å². The third-order valence-corrected chi connectivity index (χ3v) is 5.79. The molecule has 3 rings (SSSR count). The summed E-state index contributed by atoms with van der Waals surface area (Å²) in [4.78, 5) is 36.1. The number of aromatic nitrogens is 2. The van der Waals surface area contributed by atoms with Crippen LogP contribution in [0.2, 0.25) is 0 Å². The number of ether oxygens (including phenoxy) is 1. The van der Waals surface area contributed by atoms with E-state index < -0.39 is 10.9 Å². The number of hydrogen-bond donors (Lipinski definition) is 1. The molecule has 0 bridgehead atoms. The summed E-state index contributed by atoms with van der Waals surface area (Å²) in [6.45, 7) is 4.17.